The minimum absolute atomic E-state index is 0.00628. The molecule has 5 heteroatoms. The number of rotatable bonds is 2. The summed E-state index contributed by atoms with van der Waals surface area (Å²) in [7, 11) is 0. The third-order valence-electron chi connectivity index (χ3n) is 2.56. The van der Waals surface area contributed by atoms with Gasteiger partial charge in [-0.3, -0.25) is 14.7 Å². The second kappa shape index (κ2) is 4.57. The summed E-state index contributed by atoms with van der Waals surface area (Å²) in [5.74, 6) is -0.325. The average Bonchev–Trinajstić information content (AvgIpc) is 2.20. The monoisotopic (exact) mass is 223 g/mol. The highest BCUT2D eigenvalue weighted by molar-refractivity contribution is 5.79. The fourth-order valence-electron chi connectivity index (χ4n) is 1.91. The number of halogens is 1. The quantitative estimate of drug-likeness (QED) is 0.796. The van der Waals surface area contributed by atoms with E-state index in [4.69, 9.17) is 0 Å². The maximum absolute atomic E-state index is 13.3. The van der Waals surface area contributed by atoms with Crippen molar-refractivity contribution in [3.05, 3.63) is 29.8 Å². The van der Waals surface area contributed by atoms with Crippen molar-refractivity contribution in [3.8, 4) is 0 Å². The second-order valence-corrected chi connectivity index (χ2v) is 4.11. The minimum atomic E-state index is -0.318. The van der Waals surface area contributed by atoms with Gasteiger partial charge in [0.25, 0.3) is 0 Å². The number of amides is 1. The standard InChI is InChI=1S/C11H14FN3O/c1-8-5-15(7-11(16)14-8)6-9-2-3-13-4-10(9)12/h2-4,8H,5-7H2,1H3,(H,14,16)/t8-/m1/s1. The van der Waals surface area contributed by atoms with Crippen LogP contribution in [-0.4, -0.2) is 34.9 Å². The summed E-state index contributed by atoms with van der Waals surface area (Å²) >= 11 is 0. The van der Waals surface area contributed by atoms with E-state index in [0.717, 1.165) is 6.54 Å². The fraction of sp³-hybridized carbons (Fsp3) is 0.455. The molecule has 2 heterocycles. The molecular weight excluding hydrogens is 209 g/mol. The van der Waals surface area contributed by atoms with E-state index < -0.39 is 0 Å². The Labute approximate surface area is 93.5 Å². The van der Waals surface area contributed by atoms with Crippen LogP contribution >= 0.6 is 0 Å². The van der Waals surface area contributed by atoms with Gasteiger partial charge in [-0.15, -0.1) is 0 Å². The molecule has 1 atom stereocenters. The van der Waals surface area contributed by atoms with Gasteiger partial charge in [-0.05, 0) is 13.0 Å². The number of pyridine rings is 1. The van der Waals surface area contributed by atoms with Crippen molar-refractivity contribution in [2.24, 2.45) is 0 Å². The summed E-state index contributed by atoms with van der Waals surface area (Å²) in [4.78, 5) is 16.9. The SMILES string of the molecule is C[C@@H]1CN(Cc2ccncc2F)CC(=O)N1. The minimum Gasteiger partial charge on any atom is -0.351 e. The Kier molecular flexibility index (Phi) is 3.14. The lowest BCUT2D eigenvalue weighted by atomic mass is 10.2. The van der Waals surface area contributed by atoms with Crippen LogP contribution < -0.4 is 5.32 Å². The van der Waals surface area contributed by atoms with Gasteiger partial charge in [0.15, 0.2) is 0 Å². The van der Waals surface area contributed by atoms with Gasteiger partial charge in [0.1, 0.15) is 5.82 Å². The van der Waals surface area contributed by atoms with Crippen molar-refractivity contribution in [2.45, 2.75) is 19.5 Å². The van der Waals surface area contributed by atoms with Crippen LogP contribution in [0, 0.1) is 5.82 Å². The van der Waals surface area contributed by atoms with Gasteiger partial charge < -0.3 is 5.32 Å². The third-order valence-corrected chi connectivity index (χ3v) is 2.56. The van der Waals surface area contributed by atoms with Crippen LogP contribution in [0.4, 0.5) is 4.39 Å². The lowest BCUT2D eigenvalue weighted by Gasteiger charge is -2.31. The number of nitrogens with one attached hydrogen (secondary N) is 1. The van der Waals surface area contributed by atoms with Gasteiger partial charge in [-0.1, -0.05) is 0 Å². The molecule has 1 aliphatic rings. The molecule has 1 aromatic rings. The summed E-state index contributed by atoms with van der Waals surface area (Å²) in [5.41, 5.74) is 0.580. The maximum atomic E-state index is 13.3. The smallest absolute Gasteiger partial charge is 0.234 e. The molecule has 1 fully saturated rings. The van der Waals surface area contributed by atoms with E-state index in [1.54, 1.807) is 12.3 Å². The molecule has 0 spiro atoms. The van der Waals surface area contributed by atoms with Gasteiger partial charge in [-0.2, -0.15) is 0 Å². The van der Waals surface area contributed by atoms with Crippen LogP contribution in [0.2, 0.25) is 0 Å². The van der Waals surface area contributed by atoms with Gasteiger partial charge >= 0.3 is 0 Å². The Bertz CT molecular complexity index is 397. The fourth-order valence-corrected chi connectivity index (χ4v) is 1.91. The molecule has 86 valence electrons. The lowest BCUT2D eigenvalue weighted by molar-refractivity contribution is -0.125. The first kappa shape index (κ1) is 11.0. The number of piperazine rings is 1. The van der Waals surface area contributed by atoms with Gasteiger partial charge in [0, 0.05) is 30.9 Å². The van der Waals surface area contributed by atoms with Crippen LogP contribution in [0.25, 0.3) is 0 Å². The van der Waals surface area contributed by atoms with Crippen LogP contribution in [0.3, 0.4) is 0 Å². The molecule has 1 saturated heterocycles. The van der Waals surface area contributed by atoms with Gasteiger partial charge in [0.05, 0.1) is 12.7 Å². The summed E-state index contributed by atoms with van der Waals surface area (Å²) < 4.78 is 13.3. The highest BCUT2D eigenvalue weighted by Crippen LogP contribution is 2.10. The number of nitrogens with zero attached hydrogens (tertiary/aromatic N) is 2. The first-order valence-corrected chi connectivity index (χ1v) is 5.25. The van der Waals surface area contributed by atoms with Gasteiger partial charge in [0.2, 0.25) is 5.91 Å². The van der Waals surface area contributed by atoms with E-state index >= 15 is 0 Å². The molecule has 0 aromatic carbocycles. The summed E-state index contributed by atoms with van der Waals surface area (Å²) in [5, 5.41) is 2.82. The Morgan fingerprint density at radius 1 is 1.69 bits per heavy atom. The van der Waals surface area contributed by atoms with E-state index in [1.807, 2.05) is 11.8 Å². The molecular formula is C11H14FN3O. The molecule has 0 bridgehead atoms. The largest absolute Gasteiger partial charge is 0.351 e. The predicted octanol–water partition coefficient (Wildman–Crippen LogP) is 0.541. The normalized spacial score (nSPS) is 21.9. The number of hydrogen-bond donors (Lipinski definition) is 1. The number of aromatic nitrogens is 1. The summed E-state index contributed by atoms with van der Waals surface area (Å²) in [6.07, 6.45) is 2.76. The van der Waals surface area contributed by atoms with E-state index in [-0.39, 0.29) is 17.8 Å². The third kappa shape index (κ3) is 2.55. The van der Waals surface area contributed by atoms with Crippen molar-refractivity contribution in [1.82, 2.24) is 15.2 Å². The molecule has 16 heavy (non-hydrogen) atoms. The Hall–Kier alpha value is -1.49. The molecule has 1 aromatic heterocycles. The second-order valence-electron chi connectivity index (χ2n) is 4.11. The van der Waals surface area contributed by atoms with Crippen molar-refractivity contribution >= 4 is 5.91 Å². The number of carbonyl (C=O) groups excluding carboxylic acids is 1. The van der Waals surface area contributed by atoms with E-state index in [0.29, 0.717) is 18.7 Å². The molecule has 0 unspecified atom stereocenters. The predicted molar refractivity (Wildman–Crippen MR) is 57.1 cm³/mol. The Balaban J connectivity index is 2.04. The highest BCUT2D eigenvalue weighted by atomic mass is 19.1. The zero-order chi connectivity index (χ0) is 11.5. The van der Waals surface area contributed by atoms with Crippen molar-refractivity contribution < 1.29 is 9.18 Å². The first-order chi connectivity index (χ1) is 7.65. The zero-order valence-corrected chi connectivity index (χ0v) is 9.11. The first-order valence-electron chi connectivity index (χ1n) is 5.25. The van der Waals surface area contributed by atoms with E-state index in [2.05, 4.69) is 10.3 Å². The zero-order valence-electron chi connectivity index (χ0n) is 9.11. The molecule has 4 nitrogen and oxygen atoms in total. The Morgan fingerprint density at radius 3 is 3.19 bits per heavy atom. The Morgan fingerprint density at radius 2 is 2.50 bits per heavy atom. The van der Waals surface area contributed by atoms with E-state index in [1.165, 1.54) is 6.20 Å². The van der Waals surface area contributed by atoms with E-state index in [9.17, 15) is 9.18 Å². The molecule has 1 aliphatic heterocycles. The topological polar surface area (TPSA) is 45.2 Å². The molecule has 1 N–H and O–H groups in total. The lowest BCUT2D eigenvalue weighted by Crippen LogP contribution is -2.52. The van der Waals surface area contributed by atoms with Crippen molar-refractivity contribution in [3.63, 3.8) is 0 Å². The van der Waals surface area contributed by atoms with Crippen molar-refractivity contribution in [2.75, 3.05) is 13.1 Å². The van der Waals surface area contributed by atoms with Crippen LogP contribution in [0.15, 0.2) is 18.5 Å². The molecule has 0 radical (unpaired) electrons. The van der Waals surface area contributed by atoms with Crippen LogP contribution in [-0.2, 0) is 11.3 Å². The van der Waals surface area contributed by atoms with Gasteiger partial charge in [-0.25, -0.2) is 4.39 Å². The summed E-state index contributed by atoms with van der Waals surface area (Å²) in [6.45, 7) is 3.46. The maximum Gasteiger partial charge on any atom is 0.234 e. The molecule has 0 aliphatic carbocycles. The summed E-state index contributed by atoms with van der Waals surface area (Å²) in [6, 6.07) is 1.76. The number of carbonyl (C=O) groups is 1. The van der Waals surface area contributed by atoms with Crippen LogP contribution in [0.5, 0.6) is 0 Å². The molecule has 2 rings (SSSR count). The molecule has 1 amide bonds. The number of hydrogen-bond acceptors (Lipinski definition) is 3. The highest BCUT2D eigenvalue weighted by Gasteiger charge is 2.21. The molecule has 0 saturated carbocycles. The van der Waals surface area contributed by atoms with Crippen molar-refractivity contribution in [1.29, 1.82) is 0 Å². The average molecular weight is 223 g/mol. The van der Waals surface area contributed by atoms with Crippen LogP contribution in [0.1, 0.15) is 12.5 Å².